The predicted octanol–water partition coefficient (Wildman–Crippen LogP) is 4.85. The van der Waals surface area contributed by atoms with E-state index in [-0.39, 0.29) is 27.5 Å². The third kappa shape index (κ3) is 4.69. The lowest BCUT2D eigenvalue weighted by Crippen LogP contribution is -2.14. The standard InChI is InChI=1S/C16H12ClF3N4OS2/c1-26-11-4-2-3-10(6-11)21-13(25)8-27-15-23-22-14-12(17)5-9(7-24(14)15)16(18,19)20/h2-7H,8H2,1H3,(H,21,25). The molecule has 0 saturated carbocycles. The largest absolute Gasteiger partial charge is 0.417 e. The summed E-state index contributed by atoms with van der Waals surface area (Å²) in [7, 11) is 0. The second-order valence-corrected chi connectivity index (χ2v) is 7.55. The minimum absolute atomic E-state index is 0.0435. The van der Waals surface area contributed by atoms with Crippen molar-refractivity contribution < 1.29 is 18.0 Å². The van der Waals surface area contributed by atoms with Gasteiger partial charge in [0, 0.05) is 16.8 Å². The molecule has 11 heteroatoms. The normalized spacial score (nSPS) is 11.7. The zero-order valence-corrected chi connectivity index (χ0v) is 16.1. The minimum Gasteiger partial charge on any atom is -0.325 e. The number of alkyl halides is 3. The molecule has 0 bridgehead atoms. The molecule has 0 unspecified atom stereocenters. The van der Waals surface area contributed by atoms with Crippen LogP contribution in [-0.2, 0) is 11.0 Å². The monoisotopic (exact) mass is 432 g/mol. The smallest absolute Gasteiger partial charge is 0.325 e. The Morgan fingerprint density at radius 2 is 2.07 bits per heavy atom. The molecule has 0 fully saturated rings. The van der Waals surface area contributed by atoms with Gasteiger partial charge in [0.1, 0.15) is 0 Å². The summed E-state index contributed by atoms with van der Waals surface area (Å²) in [6.07, 6.45) is -1.76. The van der Waals surface area contributed by atoms with Crippen LogP contribution in [0, 0.1) is 0 Å². The number of nitrogens with zero attached hydrogens (tertiary/aromatic N) is 3. The number of amides is 1. The topological polar surface area (TPSA) is 59.3 Å². The van der Waals surface area contributed by atoms with Crippen LogP contribution in [0.15, 0.2) is 46.6 Å². The molecule has 0 radical (unpaired) electrons. The maximum Gasteiger partial charge on any atom is 0.417 e. The highest BCUT2D eigenvalue weighted by Crippen LogP contribution is 2.33. The Balaban J connectivity index is 1.74. The van der Waals surface area contributed by atoms with Crippen LogP contribution in [0.3, 0.4) is 0 Å². The molecule has 0 spiro atoms. The number of benzene rings is 1. The summed E-state index contributed by atoms with van der Waals surface area (Å²) in [6.45, 7) is 0. The van der Waals surface area contributed by atoms with E-state index in [1.807, 2.05) is 24.5 Å². The van der Waals surface area contributed by atoms with Crippen molar-refractivity contribution in [1.29, 1.82) is 0 Å². The van der Waals surface area contributed by atoms with E-state index >= 15 is 0 Å². The van der Waals surface area contributed by atoms with Gasteiger partial charge < -0.3 is 5.32 Å². The first kappa shape index (κ1) is 19.8. The number of carbonyl (C=O) groups excluding carboxylic acids is 1. The minimum atomic E-state index is -4.55. The van der Waals surface area contributed by atoms with Crippen molar-refractivity contribution in [3.05, 3.63) is 47.1 Å². The summed E-state index contributed by atoms with van der Waals surface area (Å²) in [5, 5.41) is 10.3. The van der Waals surface area contributed by atoms with Gasteiger partial charge in [0.2, 0.25) is 5.91 Å². The van der Waals surface area contributed by atoms with Crippen molar-refractivity contribution in [3.8, 4) is 0 Å². The van der Waals surface area contributed by atoms with Crippen molar-refractivity contribution in [2.75, 3.05) is 17.3 Å². The van der Waals surface area contributed by atoms with Gasteiger partial charge in [-0.15, -0.1) is 22.0 Å². The lowest BCUT2D eigenvalue weighted by atomic mass is 10.3. The van der Waals surface area contributed by atoms with Crippen LogP contribution in [-0.4, -0.2) is 32.5 Å². The molecule has 0 aliphatic carbocycles. The Bertz CT molecular complexity index is 993. The van der Waals surface area contributed by atoms with Gasteiger partial charge in [-0.1, -0.05) is 29.4 Å². The van der Waals surface area contributed by atoms with E-state index in [0.29, 0.717) is 5.69 Å². The van der Waals surface area contributed by atoms with Gasteiger partial charge in [0.05, 0.1) is 16.3 Å². The number of pyridine rings is 1. The first-order valence-electron chi connectivity index (χ1n) is 7.46. The Kier molecular flexibility index (Phi) is 5.87. The Morgan fingerprint density at radius 1 is 1.30 bits per heavy atom. The summed E-state index contributed by atoms with van der Waals surface area (Å²) in [4.78, 5) is 13.1. The first-order chi connectivity index (χ1) is 12.8. The van der Waals surface area contributed by atoms with Crippen molar-refractivity contribution >= 4 is 52.4 Å². The molecule has 3 rings (SSSR count). The highest BCUT2D eigenvalue weighted by Gasteiger charge is 2.32. The van der Waals surface area contributed by atoms with Crippen LogP contribution in [0.5, 0.6) is 0 Å². The molecule has 27 heavy (non-hydrogen) atoms. The molecule has 1 aromatic carbocycles. The van der Waals surface area contributed by atoms with Crippen molar-refractivity contribution in [2.45, 2.75) is 16.2 Å². The molecule has 0 aliphatic heterocycles. The summed E-state index contributed by atoms with van der Waals surface area (Å²) in [5.74, 6) is -0.355. The van der Waals surface area contributed by atoms with E-state index in [0.717, 1.165) is 33.3 Å². The van der Waals surface area contributed by atoms with E-state index in [1.54, 1.807) is 17.8 Å². The van der Waals surface area contributed by atoms with E-state index in [9.17, 15) is 18.0 Å². The van der Waals surface area contributed by atoms with E-state index in [4.69, 9.17) is 11.6 Å². The van der Waals surface area contributed by atoms with Gasteiger partial charge in [-0.05, 0) is 30.5 Å². The molecule has 0 saturated heterocycles. The van der Waals surface area contributed by atoms with Gasteiger partial charge >= 0.3 is 6.18 Å². The number of hydrogen-bond donors (Lipinski definition) is 1. The second kappa shape index (κ2) is 7.99. The average Bonchev–Trinajstić information content (AvgIpc) is 3.03. The van der Waals surface area contributed by atoms with Crippen LogP contribution in [0.2, 0.25) is 5.02 Å². The lowest BCUT2D eigenvalue weighted by Gasteiger charge is -2.09. The number of anilines is 1. The fourth-order valence-electron chi connectivity index (χ4n) is 2.22. The van der Waals surface area contributed by atoms with Crippen LogP contribution in [0.4, 0.5) is 18.9 Å². The maximum absolute atomic E-state index is 13.0. The van der Waals surface area contributed by atoms with Crippen molar-refractivity contribution in [1.82, 2.24) is 14.6 Å². The molecular weight excluding hydrogens is 421 g/mol. The first-order valence-corrected chi connectivity index (χ1v) is 10.0. The van der Waals surface area contributed by atoms with Crippen molar-refractivity contribution in [3.63, 3.8) is 0 Å². The third-order valence-corrected chi connectivity index (χ3v) is 5.39. The summed E-state index contributed by atoms with van der Waals surface area (Å²) in [6, 6.07) is 8.12. The number of rotatable bonds is 5. The highest BCUT2D eigenvalue weighted by molar-refractivity contribution is 7.99. The molecule has 1 amide bonds. The van der Waals surface area contributed by atoms with Crippen LogP contribution in [0.25, 0.3) is 5.65 Å². The Morgan fingerprint density at radius 3 is 2.78 bits per heavy atom. The van der Waals surface area contributed by atoms with E-state index in [1.165, 1.54) is 0 Å². The maximum atomic E-state index is 13.0. The lowest BCUT2D eigenvalue weighted by molar-refractivity contribution is -0.137. The highest BCUT2D eigenvalue weighted by atomic mass is 35.5. The van der Waals surface area contributed by atoms with Crippen LogP contribution >= 0.6 is 35.1 Å². The second-order valence-electron chi connectivity index (χ2n) is 5.32. The number of nitrogens with one attached hydrogen (secondary N) is 1. The molecule has 5 nitrogen and oxygen atoms in total. The molecular formula is C16H12ClF3N4OS2. The molecule has 0 atom stereocenters. The number of carbonyl (C=O) groups is 1. The molecule has 142 valence electrons. The number of thioether (sulfide) groups is 2. The molecule has 3 aromatic rings. The number of fused-ring (bicyclic) bond motifs is 1. The van der Waals surface area contributed by atoms with Gasteiger partial charge in [0.25, 0.3) is 0 Å². The SMILES string of the molecule is CSc1cccc(NC(=O)CSc2nnc3c(Cl)cc(C(F)(F)F)cn23)c1. The summed E-state index contributed by atoms with van der Waals surface area (Å²) in [5.41, 5.74) is -0.179. The molecule has 0 aliphatic rings. The molecule has 2 aromatic heterocycles. The predicted molar refractivity (Wildman–Crippen MR) is 101 cm³/mol. The van der Waals surface area contributed by atoms with Crippen LogP contribution in [0.1, 0.15) is 5.56 Å². The van der Waals surface area contributed by atoms with Gasteiger partial charge in [-0.2, -0.15) is 13.2 Å². The Labute approximate surface area is 165 Å². The van der Waals surface area contributed by atoms with E-state index in [2.05, 4.69) is 15.5 Å². The zero-order chi connectivity index (χ0) is 19.6. The quantitative estimate of drug-likeness (QED) is 0.584. The summed E-state index contributed by atoms with van der Waals surface area (Å²) >= 11 is 8.38. The molecule has 1 N–H and O–H groups in total. The fourth-order valence-corrected chi connectivity index (χ4v) is 3.63. The third-order valence-electron chi connectivity index (χ3n) is 3.44. The van der Waals surface area contributed by atoms with Crippen LogP contribution < -0.4 is 5.32 Å². The van der Waals surface area contributed by atoms with Gasteiger partial charge in [-0.3, -0.25) is 9.20 Å². The average molecular weight is 433 g/mol. The van der Waals surface area contributed by atoms with E-state index < -0.39 is 11.7 Å². The Hall–Kier alpha value is -1.91. The van der Waals surface area contributed by atoms with Gasteiger partial charge in [0.15, 0.2) is 10.8 Å². The summed E-state index contributed by atoms with van der Waals surface area (Å²) < 4.78 is 40.0. The zero-order valence-electron chi connectivity index (χ0n) is 13.7. The number of halogens is 4. The fraction of sp³-hybridized carbons (Fsp3) is 0.188. The number of hydrogen-bond acceptors (Lipinski definition) is 5. The molecule has 2 heterocycles. The van der Waals surface area contributed by atoms with Gasteiger partial charge in [-0.25, -0.2) is 0 Å². The number of aromatic nitrogens is 3. The van der Waals surface area contributed by atoms with Crippen molar-refractivity contribution in [2.24, 2.45) is 0 Å².